The molecular formula is C18H24N2O2. The Bertz CT molecular complexity index is 562. The van der Waals surface area contributed by atoms with Crippen LogP contribution in [0.2, 0.25) is 0 Å². The lowest BCUT2D eigenvalue weighted by atomic mass is 9.88. The van der Waals surface area contributed by atoms with Crippen LogP contribution in [-0.2, 0) is 22.5 Å². The summed E-state index contributed by atoms with van der Waals surface area (Å²) in [7, 11) is 0. The molecule has 1 saturated heterocycles. The predicted octanol–water partition coefficient (Wildman–Crippen LogP) is 2.71. The van der Waals surface area contributed by atoms with Crippen LogP contribution in [0, 0.1) is 0 Å². The third kappa shape index (κ3) is 2.77. The molecule has 0 spiro atoms. The minimum Gasteiger partial charge on any atom is -0.368 e. The molecule has 4 heteroatoms. The summed E-state index contributed by atoms with van der Waals surface area (Å²) in [5, 5.41) is 3.02. The van der Waals surface area contributed by atoms with Gasteiger partial charge >= 0.3 is 0 Å². The Kier molecular flexibility index (Phi) is 3.89. The first-order chi connectivity index (χ1) is 10.8. The Balaban J connectivity index is 1.45. The van der Waals surface area contributed by atoms with Gasteiger partial charge in [-0.1, -0.05) is 12.5 Å². The van der Waals surface area contributed by atoms with Crippen molar-refractivity contribution in [3.8, 4) is 0 Å². The number of carbonyl (C=O) groups excluding carboxylic acids is 1. The van der Waals surface area contributed by atoms with Crippen LogP contribution in [0.1, 0.15) is 43.2 Å². The zero-order chi connectivity index (χ0) is 14.9. The molecule has 4 nitrogen and oxygen atoms in total. The number of ether oxygens (including phenoxy) is 1. The second kappa shape index (κ2) is 6.01. The lowest BCUT2D eigenvalue weighted by Crippen LogP contribution is -2.43. The number of benzene rings is 1. The Hall–Kier alpha value is -1.39. The van der Waals surface area contributed by atoms with Gasteiger partial charge in [0.15, 0.2) is 0 Å². The van der Waals surface area contributed by atoms with Crippen molar-refractivity contribution in [1.29, 1.82) is 0 Å². The van der Waals surface area contributed by atoms with Gasteiger partial charge in [-0.2, -0.15) is 0 Å². The van der Waals surface area contributed by atoms with Crippen LogP contribution in [0.3, 0.4) is 0 Å². The van der Waals surface area contributed by atoms with Gasteiger partial charge < -0.3 is 10.1 Å². The SMILES string of the molecule is O=C(Nc1ccc2c(c1)CN(C1CCC1)CC2)C1CCCO1. The number of hydrogen-bond acceptors (Lipinski definition) is 3. The molecular weight excluding hydrogens is 276 g/mol. The van der Waals surface area contributed by atoms with Crippen LogP contribution in [0.15, 0.2) is 18.2 Å². The number of nitrogens with zero attached hydrogens (tertiary/aromatic N) is 1. The summed E-state index contributed by atoms with van der Waals surface area (Å²) < 4.78 is 5.45. The summed E-state index contributed by atoms with van der Waals surface area (Å²) in [5.74, 6) is 0.00380. The normalized spacial score (nSPS) is 25.5. The minimum atomic E-state index is -0.262. The maximum absolute atomic E-state index is 12.2. The van der Waals surface area contributed by atoms with E-state index in [0.29, 0.717) is 6.61 Å². The summed E-state index contributed by atoms with van der Waals surface area (Å²) in [6.07, 6.45) is 6.78. The van der Waals surface area contributed by atoms with Crippen molar-refractivity contribution in [2.24, 2.45) is 0 Å². The monoisotopic (exact) mass is 300 g/mol. The fourth-order valence-electron chi connectivity index (χ4n) is 3.73. The first kappa shape index (κ1) is 14.2. The highest BCUT2D eigenvalue weighted by molar-refractivity contribution is 5.94. The van der Waals surface area contributed by atoms with E-state index in [1.807, 2.05) is 6.07 Å². The van der Waals surface area contributed by atoms with E-state index in [1.165, 1.54) is 36.9 Å². The fourth-order valence-corrected chi connectivity index (χ4v) is 3.73. The van der Waals surface area contributed by atoms with Gasteiger partial charge in [-0.25, -0.2) is 0 Å². The van der Waals surface area contributed by atoms with E-state index in [9.17, 15) is 4.79 Å². The van der Waals surface area contributed by atoms with Crippen LogP contribution < -0.4 is 5.32 Å². The highest BCUT2D eigenvalue weighted by Crippen LogP contribution is 2.31. The largest absolute Gasteiger partial charge is 0.368 e. The maximum Gasteiger partial charge on any atom is 0.253 e. The first-order valence-electron chi connectivity index (χ1n) is 8.58. The van der Waals surface area contributed by atoms with Crippen molar-refractivity contribution >= 4 is 11.6 Å². The molecule has 1 unspecified atom stereocenters. The van der Waals surface area contributed by atoms with Crippen molar-refractivity contribution in [2.45, 2.75) is 57.2 Å². The van der Waals surface area contributed by atoms with Crippen LogP contribution >= 0.6 is 0 Å². The molecule has 0 aromatic heterocycles. The van der Waals surface area contributed by atoms with Gasteiger partial charge in [0.25, 0.3) is 5.91 Å². The van der Waals surface area contributed by atoms with Crippen molar-refractivity contribution in [3.63, 3.8) is 0 Å². The maximum atomic E-state index is 12.2. The Morgan fingerprint density at radius 1 is 1.18 bits per heavy atom. The molecule has 0 bridgehead atoms. The van der Waals surface area contributed by atoms with E-state index in [2.05, 4.69) is 22.3 Å². The molecule has 118 valence electrons. The molecule has 4 rings (SSSR count). The van der Waals surface area contributed by atoms with Gasteiger partial charge in [-0.05, 0) is 55.4 Å². The van der Waals surface area contributed by atoms with E-state index >= 15 is 0 Å². The van der Waals surface area contributed by atoms with Crippen LogP contribution in [-0.4, -0.2) is 36.1 Å². The summed E-state index contributed by atoms with van der Waals surface area (Å²) in [6.45, 7) is 2.92. The Morgan fingerprint density at radius 2 is 2.09 bits per heavy atom. The summed E-state index contributed by atoms with van der Waals surface area (Å²) in [5.41, 5.74) is 3.73. The molecule has 1 aromatic carbocycles. The predicted molar refractivity (Wildman–Crippen MR) is 85.8 cm³/mol. The standard InChI is InChI=1S/C18H24N2O2/c21-18(17-5-2-10-22-17)19-15-7-6-13-8-9-20(12-14(13)11-15)16-3-1-4-16/h6-7,11,16-17H,1-5,8-10,12H2,(H,19,21). The highest BCUT2D eigenvalue weighted by atomic mass is 16.5. The van der Waals surface area contributed by atoms with Gasteiger partial charge in [0.2, 0.25) is 0 Å². The molecule has 1 aliphatic carbocycles. The quantitative estimate of drug-likeness (QED) is 0.933. The average molecular weight is 300 g/mol. The number of fused-ring (bicyclic) bond motifs is 1. The number of nitrogens with one attached hydrogen (secondary N) is 1. The molecule has 1 atom stereocenters. The van der Waals surface area contributed by atoms with Crippen LogP contribution in [0.4, 0.5) is 5.69 Å². The second-order valence-corrected chi connectivity index (χ2v) is 6.78. The number of amides is 1. The van der Waals surface area contributed by atoms with E-state index in [0.717, 1.165) is 37.5 Å². The molecule has 2 aliphatic heterocycles. The molecule has 3 aliphatic rings. The smallest absolute Gasteiger partial charge is 0.253 e. The topological polar surface area (TPSA) is 41.6 Å². The van der Waals surface area contributed by atoms with E-state index in [-0.39, 0.29) is 12.0 Å². The number of carbonyl (C=O) groups is 1. The molecule has 1 amide bonds. The number of rotatable bonds is 3. The lowest BCUT2D eigenvalue weighted by Gasteiger charge is -2.40. The minimum absolute atomic E-state index is 0.00380. The average Bonchev–Trinajstić information content (AvgIpc) is 2.99. The fraction of sp³-hybridized carbons (Fsp3) is 0.611. The summed E-state index contributed by atoms with van der Waals surface area (Å²) >= 11 is 0. The van der Waals surface area contributed by atoms with Crippen molar-refractivity contribution in [3.05, 3.63) is 29.3 Å². The van der Waals surface area contributed by atoms with Crippen LogP contribution in [0.25, 0.3) is 0 Å². The van der Waals surface area contributed by atoms with E-state index < -0.39 is 0 Å². The zero-order valence-corrected chi connectivity index (χ0v) is 13.0. The van der Waals surface area contributed by atoms with Gasteiger partial charge in [0.1, 0.15) is 6.10 Å². The second-order valence-electron chi connectivity index (χ2n) is 6.78. The molecule has 1 N–H and O–H groups in total. The number of hydrogen-bond donors (Lipinski definition) is 1. The Labute approximate surface area is 131 Å². The van der Waals surface area contributed by atoms with Gasteiger partial charge in [0.05, 0.1) is 0 Å². The zero-order valence-electron chi connectivity index (χ0n) is 13.0. The molecule has 22 heavy (non-hydrogen) atoms. The van der Waals surface area contributed by atoms with Crippen molar-refractivity contribution in [1.82, 2.24) is 4.90 Å². The molecule has 2 fully saturated rings. The molecule has 0 radical (unpaired) electrons. The molecule has 2 heterocycles. The van der Waals surface area contributed by atoms with Crippen molar-refractivity contribution < 1.29 is 9.53 Å². The first-order valence-corrected chi connectivity index (χ1v) is 8.58. The third-order valence-corrected chi connectivity index (χ3v) is 5.33. The third-order valence-electron chi connectivity index (χ3n) is 5.33. The van der Waals surface area contributed by atoms with Gasteiger partial charge in [0, 0.05) is 31.4 Å². The molecule has 1 aromatic rings. The molecule has 1 saturated carbocycles. The van der Waals surface area contributed by atoms with E-state index in [1.54, 1.807) is 0 Å². The van der Waals surface area contributed by atoms with Gasteiger partial charge in [-0.3, -0.25) is 9.69 Å². The Morgan fingerprint density at radius 3 is 2.82 bits per heavy atom. The van der Waals surface area contributed by atoms with Crippen LogP contribution in [0.5, 0.6) is 0 Å². The highest BCUT2D eigenvalue weighted by Gasteiger charge is 2.28. The lowest BCUT2D eigenvalue weighted by molar-refractivity contribution is -0.124. The van der Waals surface area contributed by atoms with Crippen molar-refractivity contribution in [2.75, 3.05) is 18.5 Å². The summed E-state index contributed by atoms with van der Waals surface area (Å²) in [4.78, 5) is 14.8. The summed E-state index contributed by atoms with van der Waals surface area (Å²) in [6, 6.07) is 7.16. The van der Waals surface area contributed by atoms with E-state index in [4.69, 9.17) is 4.74 Å². The van der Waals surface area contributed by atoms with Gasteiger partial charge in [-0.15, -0.1) is 0 Å². The number of anilines is 1.